The molecule has 2 rings (SSSR count). The Labute approximate surface area is 120 Å². The van der Waals surface area contributed by atoms with E-state index >= 15 is 0 Å². The van der Waals surface area contributed by atoms with Crippen LogP contribution in [0.4, 0.5) is 5.69 Å². The summed E-state index contributed by atoms with van der Waals surface area (Å²) in [5, 5.41) is 2.98. The summed E-state index contributed by atoms with van der Waals surface area (Å²) in [4.78, 5) is 20.7. The predicted molar refractivity (Wildman–Crippen MR) is 79.4 cm³/mol. The Morgan fingerprint density at radius 2 is 2.05 bits per heavy atom. The van der Waals surface area contributed by atoms with Crippen molar-refractivity contribution in [3.8, 4) is 0 Å². The number of nitrogen functional groups attached to an aromatic ring is 1. The van der Waals surface area contributed by atoms with Crippen molar-refractivity contribution in [1.29, 1.82) is 0 Å². The van der Waals surface area contributed by atoms with E-state index < -0.39 is 0 Å². The van der Waals surface area contributed by atoms with Crippen LogP contribution < -0.4 is 11.1 Å². The molecule has 1 fully saturated rings. The fourth-order valence-corrected chi connectivity index (χ4v) is 2.32. The maximum atomic E-state index is 12.3. The number of nitrogens with zero attached hydrogens (tertiary/aromatic N) is 2. The van der Waals surface area contributed by atoms with E-state index in [1.165, 1.54) is 19.0 Å². The van der Waals surface area contributed by atoms with Crippen LogP contribution in [0.1, 0.15) is 62.8 Å². The molecule has 1 aliphatic rings. The van der Waals surface area contributed by atoms with Gasteiger partial charge in [-0.05, 0) is 24.2 Å². The standard InChI is InChI=1S/C15H24N4O/c1-9(2)13-17-7-11(16)12(19-13)14(20)18-8-15(5-6-15)10(3)4/h7,9-10H,5-6,8,16H2,1-4H3,(H,18,20). The second-order valence-electron chi connectivity index (χ2n) is 6.39. The molecule has 0 aromatic carbocycles. The molecular weight excluding hydrogens is 252 g/mol. The second kappa shape index (κ2) is 5.38. The molecule has 0 atom stereocenters. The van der Waals surface area contributed by atoms with Crippen molar-refractivity contribution in [2.45, 2.75) is 46.5 Å². The molecule has 1 amide bonds. The smallest absolute Gasteiger partial charge is 0.272 e. The van der Waals surface area contributed by atoms with E-state index in [4.69, 9.17) is 5.73 Å². The summed E-state index contributed by atoms with van der Waals surface area (Å²) in [6.07, 6.45) is 3.88. The van der Waals surface area contributed by atoms with E-state index in [1.54, 1.807) is 0 Å². The summed E-state index contributed by atoms with van der Waals surface area (Å²) < 4.78 is 0. The first-order chi connectivity index (χ1) is 9.35. The van der Waals surface area contributed by atoms with E-state index in [9.17, 15) is 4.79 Å². The molecule has 5 heteroatoms. The van der Waals surface area contributed by atoms with E-state index in [-0.39, 0.29) is 17.2 Å². The molecule has 0 unspecified atom stereocenters. The number of amides is 1. The molecule has 0 spiro atoms. The number of carbonyl (C=O) groups excluding carboxylic acids is 1. The maximum absolute atomic E-state index is 12.3. The van der Waals surface area contributed by atoms with Crippen LogP contribution in [0.25, 0.3) is 0 Å². The molecule has 3 N–H and O–H groups in total. The van der Waals surface area contributed by atoms with E-state index in [0.29, 0.717) is 29.7 Å². The number of nitrogens with one attached hydrogen (secondary N) is 1. The van der Waals surface area contributed by atoms with Gasteiger partial charge in [0.2, 0.25) is 0 Å². The summed E-state index contributed by atoms with van der Waals surface area (Å²) in [6.45, 7) is 9.09. The first-order valence-corrected chi connectivity index (χ1v) is 7.26. The lowest BCUT2D eigenvalue weighted by molar-refractivity contribution is 0.0935. The van der Waals surface area contributed by atoms with E-state index in [2.05, 4.69) is 29.1 Å². The molecule has 0 aliphatic heterocycles. The molecule has 1 aliphatic carbocycles. The quantitative estimate of drug-likeness (QED) is 0.865. The summed E-state index contributed by atoms with van der Waals surface area (Å²) in [5.41, 5.74) is 6.72. The number of carbonyl (C=O) groups is 1. The molecule has 1 heterocycles. The van der Waals surface area contributed by atoms with Crippen LogP contribution in [0.15, 0.2) is 6.20 Å². The summed E-state index contributed by atoms with van der Waals surface area (Å²) in [5.74, 6) is 1.21. The van der Waals surface area contributed by atoms with Crippen molar-refractivity contribution < 1.29 is 4.79 Å². The minimum atomic E-state index is -0.196. The van der Waals surface area contributed by atoms with Crippen molar-refractivity contribution in [1.82, 2.24) is 15.3 Å². The van der Waals surface area contributed by atoms with Crippen molar-refractivity contribution in [2.75, 3.05) is 12.3 Å². The largest absolute Gasteiger partial charge is 0.396 e. The van der Waals surface area contributed by atoms with Crippen molar-refractivity contribution in [3.05, 3.63) is 17.7 Å². The zero-order chi connectivity index (χ0) is 14.9. The molecule has 0 bridgehead atoms. The van der Waals surface area contributed by atoms with Gasteiger partial charge in [-0.1, -0.05) is 27.7 Å². The van der Waals surface area contributed by atoms with Crippen LogP contribution in [0.2, 0.25) is 0 Å². The van der Waals surface area contributed by atoms with Crippen LogP contribution in [0, 0.1) is 11.3 Å². The van der Waals surface area contributed by atoms with Crippen LogP contribution >= 0.6 is 0 Å². The minimum Gasteiger partial charge on any atom is -0.396 e. The number of nitrogens with two attached hydrogens (primary N) is 1. The van der Waals surface area contributed by atoms with Gasteiger partial charge in [0.25, 0.3) is 5.91 Å². The Balaban J connectivity index is 2.07. The normalized spacial score (nSPS) is 16.5. The Morgan fingerprint density at radius 1 is 1.40 bits per heavy atom. The summed E-state index contributed by atoms with van der Waals surface area (Å²) >= 11 is 0. The highest BCUT2D eigenvalue weighted by Gasteiger charge is 2.45. The van der Waals surface area contributed by atoms with Gasteiger partial charge in [-0.2, -0.15) is 0 Å². The third kappa shape index (κ3) is 2.92. The molecule has 0 saturated heterocycles. The lowest BCUT2D eigenvalue weighted by Crippen LogP contribution is -2.33. The van der Waals surface area contributed by atoms with E-state index in [1.807, 2.05) is 13.8 Å². The van der Waals surface area contributed by atoms with E-state index in [0.717, 1.165) is 0 Å². The van der Waals surface area contributed by atoms with Crippen LogP contribution in [-0.2, 0) is 0 Å². The molecule has 5 nitrogen and oxygen atoms in total. The third-order valence-electron chi connectivity index (χ3n) is 4.29. The fourth-order valence-electron chi connectivity index (χ4n) is 2.32. The van der Waals surface area contributed by atoms with Gasteiger partial charge in [0.05, 0.1) is 11.9 Å². The Kier molecular flexibility index (Phi) is 3.97. The molecule has 110 valence electrons. The van der Waals surface area contributed by atoms with Crippen molar-refractivity contribution in [3.63, 3.8) is 0 Å². The predicted octanol–water partition coefficient (Wildman–Crippen LogP) is 2.35. The third-order valence-corrected chi connectivity index (χ3v) is 4.29. The molecule has 20 heavy (non-hydrogen) atoms. The van der Waals surface area contributed by atoms with Gasteiger partial charge in [-0.25, -0.2) is 9.97 Å². The van der Waals surface area contributed by atoms with Gasteiger partial charge in [-0.3, -0.25) is 4.79 Å². The number of aromatic nitrogens is 2. The van der Waals surface area contributed by atoms with Crippen LogP contribution in [-0.4, -0.2) is 22.4 Å². The van der Waals surface area contributed by atoms with Gasteiger partial charge in [0.1, 0.15) is 5.82 Å². The molecule has 0 radical (unpaired) electrons. The topological polar surface area (TPSA) is 80.9 Å². The minimum absolute atomic E-state index is 0.174. The van der Waals surface area contributed by atoms with Crippen LogP contribution in [0.5, 0.6) is 0 Å². The number of hydrogen-bond donors (Lipinski definition) is 2. The molecule has 1 saturated carbocycles. The van der Waals surface area contributed by atoms with Gasteiger partial charge in [-0.15, -0.1) is 0 Å². The van der Waals surface area contributed by atoms with Crippen LogP contribution in [0.3, 0.4) is 0 Å². The van der Waals surface area contributed by atoms with Crippen molar-refractivity contribution >= 4 is 11.6 Å². The highest BCUT2D eigenvalue weighted by Crippen LogP contribution is 2.51. The zero-order valence-electron chi connectivity index (χ0n) is 12.7. The lowest BCUT2D eigenvalue weighted by Gasteiger charge is -2.20. The summed E-state index contributed by atoms with van der Waals surface area (Å²) in [6, 6.07) is 0. The fraction of sp³-hybridized carbons (Fsp3) is 0.667. The molecular formula is C15H24N4O. The Morgan fingerprint density at radius 3 is 2.55 bits per heavy atom. The molecule has 1 aromatic heterocycles. The lowest BCUT2D eigenvalue weighted by atomic mass is 9.92. The van der Waals surface area contributed by atoms with Gasteiger partial charge in [0.15, 0.2) is 5.69 Å². The zero-order valence-corrected chi connectivity index (χ0v) is 12.7. The number of hydrogen-bond acceptors (Lipinski definition) is 4. The first-order valence-electron chi connectivity index (χ1n) is 7.26. The summed E-state index contributed by atoms with van der Waals surface area (Å²) in [7, 11) is 0. The Hall–Kier alpha value is -1.65. The van der Waals surface area contributed by atoms with Gasteiger partial charge < -0.3 is 11.1 Å². The Bertz CT molecular complexity index is 507. The highest BCUT2D eigenvalue weighted by molar-refractivity contribution is 5.96. The molecule has 1 aromatic rings. The average Bonchev–Trinajstić information content (AvgIpc) is 3.17. The van der Waals surface area contributed by atoms with Gasteiger partial charge in [0, 0.05) is 12.5 Å². The number of rotatable bonds is 5. The average molecular weight is 276 g/mol. The van der Waals surface area contributed by atoms with Crippen molar-refractivity contribution in [2.24, 2.45) is 11.3 Å². The monoisotopic (exact) mass is 276 g/mol. The SMILES string of the molecule is CC(C)c1ncc(N)c(C(=O)NCC2(C(C)C)CC2)n1. The van der Waals surface area contributed by atoms with Gasteiger partial charge >= 0.3 is 0 Å². The highest BCUT2D eigenvalue weighted by atomic mass is 16.1. The second-order valence-corrected chi connectivity index (χ2v) is 6.39. The number of anilines is 1. The maximum Gasteiger partial charge on any atom is 0.272 e. The first kappa shape index (κ1) is 14.8.